The van der Waals surface area contributed by atoms with Gasteiger partial charge in [-0.25, -0.2) is 0 Å². The van der Waals surface area contributed by atoms with E-state index in [0.717, 1.165) is 34.5 Å². The van der Waals surface area contributed by atoms with Gasteiger partial charge < -0.3 is 4.42 Å². The molecule has 0 radical (unpaired) electrons. The van der Waals surface area contributed by atoms with Gasteiger partial charge in [-0.3, -0.25) is 0 Å². The van der Waals surface area contributed by atoms with Gasteiger partial charge in [0, 0.05) is 11.3 Å². The van der Waals surface area contributed by atoms with Crippen LogP contribution >= 0.6 is 11.8 Å². The van der Waals surface area contributed by atoms with E-state index < -0.39 is 0 Å². The molecule has 112 valence electrons. The van der Waals surface area contributed by atoms with Crippen molar-refractivity contribution < 1.29 is 8.98 Å². The quantitative estimate of drug-likeness (QED) is 0.485. The Morgan fingerprint density at radius 2 is 1.45 bits per heavy atom. The Morgan fingerprint density at radius 3 is 2.00 bits per heavy atom. The van der Waals surface area contributed by atoms with Gasteiger partial charge in [0.05, 0.1) is 5.56 Å². The van der Waals surface area contributed by atoms with Gasteiger partial charge in [-0.05, 0) is 30.8 Å². The smallest absolute Gasteiger partial charge is 0.392 e. The zero-order chi connectivity index (χ0) is 15.4. The maximum absolute atomic E-state index is 6.24. The number of hydrogen-bond acceptors (Lipinski definition) is 2. The van der Waals surface area contributed by atoms with Crippen LogP contribution in [-0.4, -0.2) is 5.75 Å². The molecule has 0 amide bonds. The van der Waals surface area contributed by atoms with Gasteiger partial charge in [-0.15, -0.1) is 0 Å². The van der Waals surface area contributed by atoms with E-state index in [9.17, 15) is 0 Å². The molecule has 0 aliphatic carbocycles. The number of rotatable bonds is 5. The number of aromatic nitrogens is 1. The molecule has 0 bridgehead atoms. The molecule has 2 nitrogen and oxygen atoms in total. The lowest BCUT2D eigenvalue weighted by Crippen LogP contribution is -2.35. The molecule has 0 atom stereocenters. The van der Waals surface area contributed by atoms with Crippen molar-refractivity contribution in [1.29, 1.82) is 0 Å². The molecular weight excluding hydrogens is 290 g/mol. The summed E-state index contributed by atoms with van der Waals surface area (Å²) in [6.45, 7) is 5.21. The van der Waals surface area contributed by atoms with Crippen LogP contribution in [0.15, 0.2) is 70.3 Å². The minimum Gasteiger partial charge on any atom is -0.392 e. The Balaban J connectivity index is 2.24. The molecule has 3 aromatic rings. The molecular formula is C19H20NOS+. The van der Waals surface area contributed by atoms with Gasteiger partial charge in [-0.1, -0.05) is 55.5 Å². The van der Waals surface area contributed by atoms with E-state index >= 15 is 0 Å². The van der Waals surface area contributed by atoms with E-state index in [1.165, 1.54) is 5.56 Å². The van der Waals surface area contributed by atoms with Gasteiger partial charge in [0.2, 0.25) is 5.76 Å². The molecule has 0 aliphatic rings. The highest BCUT2D eigenvalue weighted by molar-refractivity contribution is 7.98. The predicted molar refractivity (Wildman–Crippen MR) is 91.8 cm³/mol. The fourth-order valence-electron chi connectivity index (χ4n) is 2.59. The normalized spacial score (nSPS) is 10.8. The van der Waals surface area contributed by atoms with E-state index in [2.05, 4.69) is 66.9 Å². The molecule has 0 N–H and O–H groups in total. The standard InChI is InChI=1S/C19H20NOS/c1-3-20-17(15-11-7-5-8-12-15)18(21-19(20)22-4-2)16-13-9-6-10-14-16/h5-14H,3-4H2,1-2H3/q+1. The Kier molecular flexibility index (Phi) is 4.64. The number of hydrogen-bond donors (Lipinski definition) is 0. The van der Waals surface area contributed by atoms with E-state index in [0.29, 0.717) is 0 Å². The van der Waals surface area contributed by atoms with Gasteiger partial charge in [0.1, 0.15) is 0 Å². The van der Waals surface area contributed by atoms with Crippen LogP contribution in [-0.2, 0) is 6.54 Å². The largest absolute Gasteiger partial charge is 0.412 e. The Bertz CT molecular complexity index is 735. The highest BCUT2D eigenvalue weighted by atomic mass is 32.2. The van der Waals surface area contributed by atoms with Crippen LogP contribution in [0, 0.1) is 0 Å². The summed E-state index contributed by atoms with van der Waals surface area (Å²) in [5, 5.41) is 0.975. The van der Waals surface area contributed by atoms with E-state index in [4.69, 9.17) is 4.42 Å². The van der Waals surface area contributed by atoms with Gasteiger partial charge in [0.25, 0.3) is 5.69 Å². The first-order valence-electron chi connectivity index (χ1n) is 7.65. The lowest BCUT2D eigenvalue weighted by atomic mass is 10.1. The fourth-order valence-corrected chi connectivity index (χ4v) is 3.36. The first-order valence-corrected chi connectivity index (χ1v) is 8.64. The molecule has 0 saturated heterocycles. The zero-order valence-corrected chi connectivity index (χ0v) is 13.8. The van der Waals surface area contributed by atoms with Crippen molar-refractivity contribution in [2.24, 2.45) is 0 Å². The van der Waals surface area contributed by atoms with Crippen LogP contribution in [0.1, 0.15) is 13.8 Å². The van der Waals surface area contributed by atoms with Crippen molar-refractivity contribution in [2.75, 3.05) is 5.75 Å². The molecule has 1 heterocycles. The third-order valence-corrected chi connectivity index (χ3v) is 4.40. The lowest BCUT2D eigenvalue weighted by molar-refractivity contribution is -0.725. The SMILES string of the molecule is CCSc1oc(-c2ccccc2)c(-c2ccccc2)[n+]1CC. The Hall–Kier alpha value is -2.00. The second-order valence-electron chi connectivity index (χ2n) is 4.96. The summed E-state index contributed by atoms with van der Waals surface area (Å²) in [4.78, 5) is 0. The molecule has 1 aromatic heterocycles. The van der Waals surface area contributed by atoms with E-state index in [-0.39, 0.29) is 0 Å². The van der Waals surface area contributed by atoms with Crippen molar-refractivity contribution >= 4 is 11.8 Å². The minimum absolute atomic E-state index is 0.892. The zero-order valence-electron chi connectivity index (χ0n) is 13.0. The first-order chi connectivity index (χ1) is 10.8. The van der Waals surface area contributed by atoms with Crippen molar-refractivity contribution in [2.45, 2.75) is 25.6 Å². The number of oxazole rings is 1. The maximum Gasteiger partial charge on any atom is 0.412 e. The minimum atomic E-state index is 0.892. The number of thioether (sulfide) groups is 1. The molecule has 0 unspecified atom stereocenters. The summed E-state index contributed by atoms with van der Waals surface area (Å²) >= 11 is 1.75. The molecule has 3 rings (SSSR count). The molecule has 0 saturated carbocycles. The second-order valence-corrected chi connectivity index (χ2v) is 6.17. The van der Waals surface area contributed by atoms with Crippen molar-refractivity contribution in [3.05, 3.63) is 60.7 Å². The van der Waals surface area contributed by atoms with Crippen LogP contribution in [0.3, 0.4) is 0 Å². The number of nitrogens with zero attached hydrogens (tertiary/aromatic N) is 1. The van der Waals surface area contributed by atoms with Crippen molar-refractivity contribution in [3.8, 4) is 22.6 Å². The van der Waals surface area contributed by atoms with Gasteiger partial charge in [0.15, 0.2) is 6.54 Å². The van der Waals surface area contributed by atoms with Crippen LogP contribution in [0.4, 0.5) is 0 Å². The second kappa shape index (κ2) is 6.84. The molecule has 0 aliphatic heterocycles. The summed E-state index contributed by atoms with van der Waals surface area (Å²) in [5.41, 5.74) is 3.46. The average molecular weight is 310 g/mol. The number of benzene rings is 2. The van der Waals surface area contributed by atoms with Gasteiger partial charge >= 0.3 is 5.22 Å². The molecule has 22 heavy (non-hydrogen) atoms. The monoisotopic (exact) mass is 310 g/mol. The summed E-state index contributed by atoms with van der Waals surface area (Å²) in [5.74, 6) is 1.94. The van der Waals surface area contributed by atoms with Crippen molar-refractivity contribution in [3.63, 3.8) is 0 Å². The summed E-state index contributed by atoms with van der Waals surface area (Å²) in [7, 11) is 0. The topological polar surface area (TPSA) is 17.0 Å². The molecule has 2 aromatic carbocycles. The van der Waals surface area contributed by atoms with E-state index in [1.807, 2.05) is 12.1 Å². The first kappa shape index (κ1) is 14.9. The van der Waals surface area contributed by atoms with Crippen LogP contribution in [0.5, 0.6) is 0 Å². The van der Waals surface area contributed by atoms with Crippen LogP contribution in [0.2, 0.25) is 0 Å². The summed E-state index contributed by atoms with van der Waals surface area (Å²) < 4.78 is 8.51. The third kappa shape index (κ3) is 2.81. The van der Waals surface area contributed by atoms with E-state index in [1.54, 1.807) is 11.8 Å². The fraction of sp³-hybridized carbons (Fsp3) is 0.211. The molecule has 0 spiro atoms. The maximum atomic E-state index is 6.24. The average Bonchev–Trinajstić information content (AvgIpc) is 2.95. The lowest BCUT2D eigenvalue weighted by Gasteiger charge is -2.00. The Morgan fingerprint density at radius 1 is 0.864 bits per heavy atom. The van der Waals surface area contributed by atoms with Gasteiger partial charge in [-0.2, -0.15) is 4.57 Å². The predicted octanol–water partition coefficient (Wildman–Crippen LogP) is 5.03. The molecule has 3 heteroatoms. The highest BCUT2D eigenvalue weighted by Gasteiger charge is 2.29. The Labute approximate surface area is 135 Å². The molecule has 0 fully saturated rings. The van der Waals surface area contributed by atoms with Crippen molar-refractivity contribution in [1.82, 2.24) is 0 Å². The summed E-state index contributed by atoms with van der Waals surface area (Å²) in [6, 6.07) is 20.8. The van der Waals surface area contributed by atoms with Crippen LogP contribution in [0.25, 0.3) is 22.6 Å². The summed E-state index contributed by atoms with van der Waals surface area (Å²) in [6.07, 6.45) is 0. The van der Waals surface area contributed by atoms with Crippen LogP contribution < -0.4 is 4.57 Å². The highest BCUT2D eigenvalue weighted by Crippen LogP contribution is 2.34. The third-order valence-electron chi connectivity index (χ3n) is 3.56.